The highest BCUT2D eigenvalue weighted by atomic mass is 16.3. The first kappa shape index (κ1) is 19.0. The Kier molecular flexibility index (Phi) is 5.57. The summed E-state index contributed by atoms with van der Waals surface area (Å²) in [7, 11) is 2.21. The van der Waals surface area contributed by atoms with Gasteiger partial charge in [0.15, 0.2) is 0 Å². The van der Waals surface area contributed by atoms with Gasteiger partial charge in [0, 0.05) is 30.1 Å². The van der Waals surface area contributed by atoms with Crippen LogP contribution in [0.4, 0.5) is 0 Å². The monoisotopic (exact) mass is 368 g/mol. The van der Waals surface area contributed by atoms with Crippen LogP contribution < -0.4 is 0 Å². The van der Waals surface area contributed by atoms with Gasteiger partial charge in [-0.15, -0.1) is 0 Å². The number of aliphatic hydroxyl groups is 2. The minimum absolute atomic E-state index is 0.222. The van der Waals surface area contributed by atoms with Crippen molar-refractivity contribution >= 4 is 0 Å². The van der Waals surface area contributed by atoms with Crippen molar-refractivity contribution in [3.8, 4) is 11.8 Å². The van der Waals surface area contributed by atoms with E-state index >= 15 is 0 Å². The second-order valence-corrected chi connectivity index (χ2v) is 8.66. The van der Waals surface area contributed by atoms with Gasteiger partial charge in [0.1, 0.15) is 5.60 Å². The van der Waals surface area contributed by atoms with Crippen LogP contribution in [-0.4, -0.2) is 71.0 Å². The van der Waals surface area contributed by atoms with E-state index in [1.165, 1.54) is 18.4 Å². The molecule has 1 aromatic rings. The van der Waals surface area contributed by atoms with Gasteiger partial charge in [-0.25, -0.2) is 0 Å². The van der Waals surface area contributed by atoms with Gasteiger partial charge in [0.05, 0.1) is 6.61 Å². The third-order valence-corrected chi connectivity index (χ3v) is 6.74. The quantitative estimate of drug-likeness (QED) is 0.786. The summed E-state index contributed by atoms with van der Waals surface area (Å²) in [5, 5.41) is 20.4. The first-order valence-electron chi connectivity index (χ1n) is 10.5. The van der Waals surface area contributed by atoms with Gasteiger partial charge in [-0.3, -0.25) is 4.90 Å². The first-order valence-corrected chi connectivity index (χ1v) is 10.5. The number of nitrogens with zero attached hydrogens (tertiary/aromatic N) is 2. The summed E-state index contributed by atoms with van der Waals surface area (Å²) in [6.07, 6.45) is 6.18. The fourth-order valence-corrected chi connectivity index (χ4v) is 5.18. The molecule has 0 bridgehead atoms. The topological polar surface area (TPSA) is 46.9 Å². The number of likely N-dealkylation sites (N-methyl/N-ethyl adjacent to an activating group) is 1. The number of aliphatic hydroxyl groups excluding tert-OH is 1. The highest BCUT2D eigenvalue weighted by molar-refractivity contribution is 5.40. The second kappa shape index (κ2) is 7.93. The number of hydrogen-bond donors (Lipinski definition) is 2. The lowest BCUT2D eigenvalue weighted by Gasteiger charge is -2.57. The number of benzene rings is 1. The molecule has 2 heterocycles. The Morgan fingerprint density at radius 3 is 2.48 bits per heavy atom. The van der Waals surface area contributed by atoms with Gasteiger partial charge < -0.3 is 15.1 Å². The molecule has 4 nitrogen and oxygen atoms in total. The molecular weight excluding hydrogens is 336 g/mol. The lowest BCUT2D eigenvalue weighted by atomic mass is 9.74. The number of rotatable bonds is 2. The number of hydrogen-bond acceptors (Lipinski definition) is 4. The van der Waals surface area contributed by atoms with Crippen LogP contribution >= 0.6 is 0 Å². The highest BCUT2D eigenvalue weighted by Crippen LogP contribution is 2.41. The standard InChI is InChI=1S/C23H32N2O2/c1-24-14-4-5-15-25-20(16-24)22(21(25)17-26)19-8-6-18(7-9-19)10-13-23(27)11-2-3-12-23/h6-9,20-22,26-27H,2-5,11-12,14-17H2,1H3/t20-,21-,22-/m0/s1. The molecule has 3 fully saturated rings. The number of fused-ring (bicyclic) bond motifs is 1. The van der Waals surface area contributed by atoms with Crippen molar-refractivity contribution in [2.75, 3.05) is 33.3 Å². The Hall–Kier alpha value is -1.38. The third kappa shape index (κ3) is 3.93. The van der Waals surface area contributed by atoms with Gasteiger partial charge in [-0.2, -0.15) is 0 Å². The summed E-state index contributed by atoms with van der Waals surface area (Å²) in [4.78, 5) is 4.93. The molecular formula is C23H32N2O2. The summed E-state index contributed by atoms with van der Waals surface area (Å²) >= 11 is 0. The molecule has 3 aliphatic rings. The van der Waals surface area contributed by atoms with Crippen LogP contribution in [0.2, 0.25) is 0 Å². The van der Waals surface area contributed by atoms with E-state index in [0.717, 1.165) is 50.9 Å². The predicted molar refractivity (Wildman–Crippen MR) is 108 cm³/mol. The molecule has 4 heteroatoms. The van der Waals surface area contributed by atoms with E-state index < -0.39 is 5.60 Å². The molecule has 0 aromatic heterocycles. The summed E-state index contributed by atoms with van der Waals surface area (Å²) in [5.41, 5.74) is 1.48. The average molecular weight is 369 g/mol. The average Bonchev–Trinajstić information content (AvgIpc) is 3.09. The van der Waals surface area contributed by atoms with E-state index in [2.05, 4.69) is 53.0 Å². The summed E-state index contributed by atoms with van der Waals surface area (Å²) in [6, 6.07) is 9.22. The molecule has 4 rings (SSSR count). The van der Waals surface area contributed by atoms with Crippen molar-refractivity contribution in [1.29, 1.82) is 0 Å². The maximum Gasteiger partial charge on any atom is 0.125 e. The van der Waals surface area contributed by atoms with Crippen LogP contribution in [0.1, 0.15) is 55.6 Å². The third-order valence-electron chi connectivity index (χ3n) is 6.74. The van der Waals surface area contributed by atoms with E-state index in [1.807, 2.05) is 0 Å². The Morgan fingerprint density at radius 2 is 1.78 bits per heavy atom. The van der Waals surface area contributed by atoms with E-state index in [-0.39, 0.29) is 12.6 Å². The zero-order valence-electron chi connectivity index (χ0n) is 16.4. The zero-order chi connectivity index (χ0) is 18.9. The maximum absolute atomic E-state index is 10.4. The Labute approximate surface area is 163 Å². The fraction of sp³-hybridized carbons (Fsp3) is 0.652. The van der Waals surface area contributed by atoms with Crippen LogP contribution in [0, 0.1) is 11.8 Å². The molecule has 1 aromatic carbocycles. The van der Waals surface area contributed by atoms with Crippen LogP contribution in [0.5, 0.6) is 0 Å². The largest absolute Gasteiger partial charge is 0.395 e. The smallest absolute Gasteiger partial charge is 0.125 e. The molecule has 0 radical (unpaired) electrons. The molecule has 1 saturated carbocycles. The normalized spacial score (nSPS) is 31.1. The Bertz CT molecular complexity index is 699. The molecule has 0 unspecified atom stereocenters. The molecule has 3 atom stereocenters. The van der Waals surface area contributed by atoms with Crippen molar-refractivity contribution in [3.05, 3.63) is 35.4 Å². The molecule has 1 aliphatic carbocycles. The molecule has 146 valence electrons. The first-order chi connectivity index (χ1) is 13.1. The maximum atomic E-state index is 10.4. The molecule has 2 aliphatic heterocycles. The van der Waals surface area contributed by atoms with Gasteiger partial charge in [-0.05, 0) is 76.4 Å². The molecule has 0 amide bonds. The zero-order valence-corrected chi connectivity index (χ0v) is 16.4. The van der Waals surface area contributed by atoms with E-state index in [9.17, 15) is 10.2 Å². The summed E-state index contributed by atoms with van der Waals surface area (Å²) < 4.78 is 0. The van der Waals surface area contributed by atoms with Crippen LogP contribution in [0.25, 0.3) is 0 Å². The van der Waals surface area contributed by atoms with Crippen molar-refractivity contribution in [1.82, 2.24) is 9.80 Å². The van der Waals surface area contributed by atoms with Gasteiger partial charge in [0.25, 0.3) is 0 Å². The highest BCUT2D eigenvalue weighted by Gasteiger charge is 2.48. The molecule has 0 spiro atoms. The van der Waals surface area contributed by atoms with Crippen LogP contribution in [0.3, 0.4) is 0 Å². The summed E-state index contributed by atoms with van der Waals surface area (Å²) in [5.74, 6) is 6.64. The minimum Gasteiger partial charge on any atom is -0.395 e. The molecule has 27 heavy (non-hydrogen) atoms. The van der Waals surface area contributed by atoms with Gasteiger partial charge in [-0.1, -0.05) is 24.0 Å². The second-order valence-electron chi connectivity index (χ2n) is 8.66. The lowest BCUT2D eigenvalue weighted by Crippen LogP contribution is -2.67. The fourth-order valence-electron chi connectivity index (χ4n) is 5.18. The van der Waals surface area contributed by atoms with E-state index in [0.29, 0.717) is 12.0 Å². The summed E-state index contributed by atoms with van der Waals surface area (Å²) in [6.45, 7) is 3.55. The SMILES string of the molecule is CN1CCCCN2[C@@H](CO)[C@@H](c3ccc(C#CC4(O)CCCC4)cc3)[C@@H]2C1. The van der Waals surface area contributed by atoms with Crippen molar-refractivity contribution < 1.29 is 10.2 Å². The van der Waals surface area contributed by atoms with Crippen LogP contribution in [-0.2, 0) is 0 Å². The lowest BCUT2D eigenvalue weighted by molar-refractivity contribution is -0.0614. The Balaban J connectivity index is 1.50. The van der Waals surface area contributed by atoms with Gasteiger partial charge >= 0.3 is 0 Å². The van der Waals surface area contributed by atoms with Crippen LogP contribution in [0.15, 0.2) is 24.3 Å². The minimum atomic E-state index is -0.779. The predicted octanol–water partition coefficient (Wildman–Crippen LogP) is 2.20. The Morgan fingerprint density at radius 1 is 1.07 bits per heavy atom. The van der Waals surface area contributed by atoms with Crippen molar-refractivity contribution in [3.63, 3.8) is 0 Å². The molecule has 2 N–H and O–H groups in total. The van der Waals surface area contributed by atoms with E-state index in [4.69, 9.17) is 0 Å². The van der Waals surface area contributed by atoms with Gasteiger partial charge in [0.2, 0.25) is 0 Å². The van der Waals surface area contributed by atoms with Crippen molar-refractivity contribution in [2.24, 2.45) is 0 Å². The van der Waals surface area contributed by atoms with Crippen molar-refractivity contribution in [2.45, 2.75) is 62.1 Å². The van der Waals surface area contributed by atoms with E-state index in [1.54, 1.807) is 0 Å². The molecule has 2 saturated heterocycles.